The highest BCUT2D eigenvalue weighted by molar-refractivity contribution is 5.93. The number of nitrogens with one attached hydrogen (secondary N) is 1. The van der Waals surface area contributed by atoms with Crippen molar-refractivity contribution in [2.24, 2.45) is 0 Å². The number of hydrogen-bond acceptors (Lipinski definition) is 3. The number of fused-ring (bicyclic) bond motifs is 1. The quantitative estimate of drug-likeness (QED) is 0.787. The Balaban J connectivity index is 2.18. The third-order valence-electron chi connectivity index (χ3n) is 3.40. The molecule has 1 aromatic carbocycles. The van der Waals surface area contributed by atoms with Gasteiger partial charge < -0.3 is 4.42 Å². The molecular weight excluding hydrogens is 252 g/mol. The van der Waals surface area contributed by atoms with E-state index in [0.717, 1.165) is 41.4 Å². The smallest absolute Gasteiger partial charge is 0.408 e. The monoisotopic (exact) mass is 268 g/mol. The van der Waals surface area contributed by atoms with Crippen molar-refractivity contribution < 1.29 is 4.42 Å². The number of H-pyrrole nitrogens is 1. The Morgan fingerprint density at radius 3 is 2.95 bits per heavy atom. The molecule has 0 unspecified atom stereocenters. The SMILES string of the molecule is CCCCc1[nH]c(=O)oc1-c1ccnc2ccccc12. The van der Waals surface area contributed by atoms with Crippen LogP contribution in [0.5, 0.6) is 0 Å². The minimum atomic E-state index is -0.396. The molecule has 0 bridgehead atoms. The van der Waals surface area contributed by atoms with E-state index in [-0.39, 0.29) is 0 Å². The van der Waals surface area contributed by atoms with Gasteiger partial charge >= 0.3 is 5.76 Å². The number of rotatable bonds is 4. The largest absolute Gasteiger partial charge is 0.417 e. The summed E-state index contributed by atoms with van der Waals surface area (Å²) in [4.78, 5) is 18.7. The molecule has 1 N–H and O–H groups in total. The Kier molecular flexibility index (Phi) is 3.37. The van der Waals surface area contributed by atoms with Crippen LogP contribution >= 0.6 is 0 Å². The summed E-state index contributed by atoms with van der Waals surface area (Å²) in [5.74, 6) is 0.244. The number of aryl methyl sites for hydroxylation is 1. The minimum absolute atomic E-state index is 0.396. The van der Waals surface area contributed by atoms with Gasteiger partial charge in [0.1, 0.15) is 0 Å². The van der Waals surface area contributed by atoms with Crippen molar-refractivity contribution in [1.82, 2.24) is 9.97 Å². The second kappa shape index (κ2) is 5.33. The van der Waals surface area contributed by atoms with Gasteiger partial charge in [-0.15, -0.1) is 0 Å². The molecule has 20 heavy (non-hydrogen) atoms. The Morgan fingerprint density at radius 2 is 2.10 bits per heavy atom. The van der Waals surface area contributed by atoms with E-state index >= 15 is 0 Å². The molecule has 3 rings (SSSR count). The van der Waals surface area contributed by atoms with E-state index in [1.54, 1.807) is 6.20 Å². The maximum atomic E-state index is 11.5. The predicted octanol–water partition coefficient (Wildman–Crippen LogP) is 3.53. The van der Waals surface area contributed by atoms with E-state index in [1.165, 1.54) is 0 Å². The second-order valence-electron chi connectivity index (χ2n) is 4.80. The van der Waals surface area contributed by atoms with Gasteiger partial charge in [0.25, 0.3) is 0 Å². The fourth-order valence-electron chi connectivity index (χ4n) is 2.40. The molecule has 4 nitrogen and oxygen atoms in total. The zero-order valence-corrected chi connectivity index (χ0v) is 11.3. The van der Waals surface area contributed by atoms with Crippen LogP contribution in [-0.2, 0) is 6.42 Å². The third-order valence-corrected chi connectivity index (χ3v) is 3.40. The van der Waals surface area contributed by atoms with Crippen LogP contribution in [0.3, 0.4) is 0 Å². The minimum Gasteiger partial charge on any atom is -0.408 e. The lowest BCUT2D eigenvalue weighted by molar-refractivity contribution is 0.528. The van der Waals surface area contributed by atoms with E-state index in [4.69, 9.17) is 4.42 Å². The summed E-state index contributed by atoms with van der Waals surface area (Å²) in [6, 6.07) is 9.75. The van der Waals surface area contributed by atoms with Crippen LogP contribution in [0.1, 0.15) is 25.5 Å². The van der Waals surface area contributed by atoms with Crippen LogP contribution in [-0.4, -0.2) is 9.97 Å². The molecule has 0 aliphatic heterocycles. The first-order chi connectivity index (χ1) is 9.79. The standard InChI is InChI=1S/C16H16N2O2/c1-2-3-7-14-15(20-16(19)18-14)12-9-10-17-13-8-5-4-6-11(12)13/h4-6,8-10H,2-3,7H2,1H3,(H,18,19). The zero-order valence-electron chi connectivity index (χ0n) is 11.3. The first kappa shape index (κ1) is 12.7. The van der Waals surface area contributed by atoms with Gasteiger partial charge in [-0.25, -0.2) is 4.79 Å². The van der Waals surface area contributed by atoms with Crippen molar-refractivity contribution in [2.75, 3.05) is 0 Å². The van der Waals surface area contributed by atoms with Gasteiger partial charge in [-0.1, -0.05) is 31.5 Å². The topological polar surface area (TPSA) is 58.9 Å². The number of benzene rings is 1. The number of pyridine rings is 1. The van der Waals surface area contributed by atoms with Crippen molar-refractivity contribution in [3.8, 4) is 11.3 Å². The van der Waals surface area contributed by atoms with Crippen molar-refractivity contribution in [1.29, 1.82) is 0 Å². The summed E-state index contributed by atoms with van der Waals surface area (Å²) in [6.07, 6.45) is 4.65. The van der Waals surface area contributed by atoms with Gasteiger partial charge in [-0.05, 0) is 25.0 Å². The van der Waals surface area contributed by atoms with E-state index in [9.17, 15) is 4.79 Å². The van der Waals surface area contributed by atoms with Crippen molar-refractivity contribution in [3.05, 3.63) is 52.8 Å². The molecule has 0 radical (unpaired) electrons. The molecule has 0 atom stereocenters. The number of hydrogen-bond donors (Lipinski definition) is 1. The predicted molar refractivity (Wildman–Crippen MR) is 78.7 cm³/mol. The molecular formula is C16H16N2O2. The van der Waals surface area contributed by atoms with Crippen LogP contribution in [0.15, 0.2) is 45.7 Å². The van der Waals surface area contributed by atoms with Gasteiger partial charge in [0, 0.05) is 17.1 Å². The van der Waals surface area contributed by atoms with Crippen LogP contribution in [0.25, 0.3) is 22.2 Å². The molecule has 0 saturated heterocycles. The lowest BCUT2D eigenvalue weighted by Crippen LogP contribution is -1.96. The van der Waals surface area contributed by atoms with Crippen LogP contribution in [0, 0.1) is 0 Å². The summed E-state index contributed by atoms with van der Waals surface area (Å²) in [5.41, 5.74) is 2.68. The highest BCUT2D eigenvalue weighted by atomic mass is 16.4. The molecule has 3 aromatic rings. The fraction of sp³-hybridized carbons (Fsp3) is 0.250. The number of aromatic amines is 1. The zero-order chi connectivity index (χ0) is 13.9. The van der Waals surface area contributed by atoms with Crippen molar-refractivity contribution >= 4 is 10.9 Å². The summed E-state index contributed by atoms with van der Waals surface area (Å²) in [5, 5.41) is 0.996. The number of oxazole rings is 1. The summed E-state index contributed by atoms with van der Waals surface area (Å²) < 4.78 is 5.37. The first-order valence-corrected chi connectivity index (χ1v) is 6.85. The van der Waals surface area contributed by atoms with Crippen LogP contribution in [0.4, 0.5) is 0 Å². The molecule has 0 saturated carbocycles. The highest BCUT2D eigenvalue weighted by Crippen LogP contribution is 2.29. The van der Waals surface area contributed by atoms with E-state index < -0.39 is 5.76 Å². The average molecular weight is 268 g/mol. The Morgan fingerprint density at radius 1 is 1.25 bits per heavy atom. The molecule has 0 aliphatic carbocycles. The molecule has 0 aliphatic rings. The number of aromatic nitrogens is 2. The Hall–Kier alpha value is -2.36. The first-order valence-electron chi connectivity index (χ1n) is 6.85. The number of unbranched alkanes of at least 4 members (excludes halogenated alkanes) is 1. The van der Waals surface area contributed by atoms with E-state index in [2.05, 4.69) is 16.9 Å². The molecule has 4 heteroatoms. The lowest BCUT2D eigenvalue weighted by atomic mass is 10.0. The van der Waals surface area contributed by atoms with E-state index in [1.807, 2.05) is 30.3 Å². The molecule has 0 fully saturated rings. The van der Waals surface area contributed by atoms with Gasteiger partial charge in [0.05, 0.1) is 11.2 Å². The molecule has 2 heterocycles. The van der Waals surface area contributed by atoms with E-state index in [0.29, 0.717) is 5.76 Å². The van der Waals surface area contributed by atoms with Gasteiger partial charge in [-0.2, -0.15) is 0 Å². The summed E-state index contributed by atoms with van der Waals surface area (Å²) in [6.45, 7) is 2.12. The molecule has 0 spiro atoms. The van der Waals surface area contributed by atoms with Crippen LogP contribution < -0.4 is 5.76 Å². The Labute approximate surface area is 116 Å². The van der Waals surface area contributed by atoms with Gasteiger partial charge in [-0.3, -0.25) is 9.97 Å². The second-order valence-corrected chi connectivity index (χ2v) is 4.80. The lowest BCUT2D eigenvalue weighted by Gasteiger charge is -2.05. The van der Waals surface area contributed by atoms with Crippen LogP contribution in [0.2, 0.25) is 0 Å². The molecule has 0 amide bonds. The highest BCUT2D eigenvalue weighted by Gasteiger charge is 2.14. The summed E-state index contributed by atoms with van der Waals surface area (Å²) in [7, 11) is 0. The summed E-state index contributed by atoms with van der Waals surface area (Å²) >= 11 is 0. The third kappa shape index (κ3) is 2.25. The molecule has 102 valence electrons. The number of para-hydroxylation sites is 1. The normalized spacial score (nSPS) is 11.1. The number of nitrogens with zero attached hydrogens (tertiary/aromatic N) is 1. The van der Waals surface area contributed by atoms with Gasteiger partial charge in [0.2, 0.25) is 0 Å². The van der Waals surface area contributed by atoms with Crippen molar-refractivity contribution in [3.63, 3.8) is 0 Å². The Bertz CT molecular complexity index is 781. The van der Waals surface area contributed by atoms with Gasteiger partial charge in [0.15, 0.2) is 5.76 Å². The molecule has 2 aromatic heterocycles. The maximum Gasteiger partial charge on any atom is 0.417 e. The maximum absolute atomic E-state index is 11.5. The van der Waals surface area contributed by atoms with Crippen molar-refractivity contribution in [2.45, 2.75) is 26.2 Å². The fourth-order valence-corrected chi connectivity index (χ4v) is 2.40. The average Bonchev–Trinajstić information content (AvgIpc) is 2.85.